The van der Waals surface area contributed by atoms with Crippen LogP contribution in [0.2, 0.25) is 0 Å². The van der Waals surface area contributed by atoms with Crippen molar-refractivity contribution in [3.05, 3.63) is 0 Å². The van der Waals surface area contributed by atoms with Crippen LogP contribution in [0.1, 0.15) is 27.7 Å². The average Bonchev–Trinajstić information content (AvgIpc) is 2.02. The zero-order chi connectivity index (χ0) is 12.3. The summed E-state index contributed by atoms with van der Waals surface area (Å²) >= 11 is 0. The van der Waals surface area contributed by atoms with Crippen molar-refractivity contribution in [2.24, 2.45) is 0 Å². The Balaban J connectivity index is 4.72. The van der Waals surface area contributed by atoms with Gasteiger partial charge in [0.05, 0.1) is 27.7 Å². The van der Waals surface area contributed by atoms with Crippen molar-refractivity contribution in [3.8, 4) is 0 Å². The van der Waals surface area contributed by atoms with E-state index in [0.29, 0.717) is 18.2 Å². The molecule has 0 aliphatic heterocycles. The van der Waals surface area contributed by atoms with Gasteiger partial charge in [-0.2, -0.15) is 0 Å². The predicted molar refractivity (Wildman–Crippen MR) is 73.2 cm³/mol. The van der Waals surface area contributed by atoms with E-state index in [4.69, 9.17) is 0 Å². The van der Waals surface area contributed by atoms with Gasteiger partial charge in [-0.25, -0.2) is 0 Å². The molecular formula is C11H27NOPS+. The Morgan fingerprint density at radius 1 is 1.07 bits per heavy atom. The highest BCUT2D eigenvalue weighted by Gasteiger charge is 2.33. The number of rotatable bonds is 6. The lowest BCUT2D eigenvalue weighted by Gasteiger charge is -2.42. The average molecular weight is 252 g/mol. The largest absolute Gasteiger partial charge is 0.330 e. The second-order valence-corrected chi connectivity index (χ2v) is 12.2. The van der Waals surface area contributed by atoms with Gasteiger partial charge >= 0.3 is 0 Å². The Bertz CT molecular complexity index is 203. The molecule has 0 aromatic rings. The van der Waals surface area contributed by atoms with Gasteiger partial charge in [0.25, 0.3) is 0 Å². The summed E-state index contributed by atoms with van der Waals surface area (Å²) in [6.07, 6.45) is 0. The first-order valence-electron chi connectivity index (χ1n) is 5.59. The van der Waals surface area contributed by atoms with Crippen molar-refractivity contribution in [3.63, 3.8) is 0 Å². The van der Waals surface area contributed by atoms with Crippen LogP contribution in [-0.4, -0.2) is 48.4 Å². The topological polar surface area (TPSA) is 17.1 Å². The zero-order valence-electron chi connectivity index (χ0n) is 11.3. The Morgan fingerprint density at radius 3 is 1.67 bits per heavy atom. The van der Waals surface area contributed by atoms with E-state index in [2.05, 4.69) is 48.8 Å². The smallest absolute Gasteiger partial charge is 0.208 e. The zero-order valence-corrected chi connectivity index (χ0v) is 13.0. The maximum atomic E-state index is 11.6. The highest BCUT2D eigenvalue weighted by Crippen LogP contribution is 2.66. The van der Waals surface area contributed by atoms with Gasteiger partial charge in [-0.3, -0.25) is 4.57 Å². The van der Waals surface area contributed by atoms with Gasteiger partial charge in [-0.1, -0.05) is 27.7 Å². The first-order chi connectivity index (χ1) is 6.65. The predicted octanol–water partition coefficient (Wildman–Crippen LogP) is 3.52. The van der Waals surface area contributed by atoms with Crippen LogP contribution in [0.4, 0.5) is 0 Å². The van der Waals surface area contributed by atoms with Gasteiger partial charge in [-0.15, -0.1) is 9.65 Å². The Morgan fingerprint density at radius 2 is 1.47 bits per heavy atom. The number of hydrogen-bond acceptors (Lipinski definition) is 1. The molecule has 0 saturated heterocycles. The maximum absolute atomic E-state index is 11.6. The molecular weight excluding hydrogens is 225 g/mol. The normalized spacial score (nSPS) is 15.3. The Hall–Kier alpha value is 0.410. The van der Waals surface area contributed by atoms with Crippen molar-refractivity contribution >= 4 is 17.3 Å². The third kappa shape index (κ3) is 4.42. The van der Waals surface area contributed by atoms with Crippen molar-refractivity contribution in [1.82, 2.24) is 0 Å². The fourth-order valence-electron chi connectivity index (χ4n) is 1.65. The van der Waals surface area contributed by atoms with Crippen LogP contribution in [0.15, 0.2) is 0 Å². The van der Waals surface area contributed by atoms with E-state index >= 15 is 0 Å². The minimum Gasteiger partial charge on any atom is -0.330 e. The molecule has 0 aliphatic rings. The van der Waals surface area contributed by atoms with Crippen LogP contribution in [0.25, 0.3) is 0 Å². The summed E-state index contributed by atoms with van der Waals surface area (Å²) in [5, 5.41) is 1.09. The third-order valence-electron chi connectivity index (χ3n) is 2.86. The van der Waals surface area contributed by atoms with E-state index in [1.54, 1.807) is 0 Å². The molecule has 4 heteroatoms. The first-order valence-corrected chi connectivity index (χ1v) is 8.94. The quantitative estimate of drug-likeness (QED) is 0.522. The molecule has 0 rings (SSSR count). The molecule has 0 aliphatic carbocycles. The molecule has 0 spiro atoms. The minimum atomic E-state index is -1.000. The molecule has 15 heavy (non-hydrogen) atoms. The number of hydrogen-bond donors (Lipinski definition) is 0. The summed E-state index contributed by atoms with van der Waals surface area (Å²) in [4.78, 5) is 0. The van der Waals surface area contributed by atoms with E-state index in [9.17, 15) is 4.57 Å². The summed E-state index contributed by atoms with van der Waals surface area (Å²) < 4.78 is 12.5. The molecule has 0 saturated carbocycles. The summed E-state index contributed by atoms with van der Waals surface area (Å²) in [6, 6.07) is 0. The van der Waals surface area contributed by atoms with E-state index in [1.165, 1.54) is 0 Å². The van der Waals surface area contributed by atoms with E-state index < -0.39 is 9.65 Å². The Labute approximate surface area is 98.3 Å². The highest BCUT2D eigenvalue weighted by molar-refractivity contribution is 8.70. The van der Waals surface area contributed by atoms with Gasteiger partial charge in [0.2, 0.25) is 7.66 Å². The van der Waals surface area contributed by atoms with Gasteiger partial charge in [0.15, 0.2) is 0 Å². The molecule has 0 radical (unpaired) electrons. The summed E-state index contributed by atoms with van der Waals surface area (Å²) in [7, 11) is 6.00. The van der Waals surface area contributed by atoms with Gasteiger partial charge in [0.1, 0.15) is 0 Å². The number of nitrogens with zero attached hydrogens (tertiary/aromatic N) is 1. The molecule has 0 aromatic carbocycles. The summed E-state index contributed by atoms with van der Waals surface area (Å²) in [5.41, 5.74) is 0. The van der Waals surface area contributed by atoms with Crippen molar-refractivity contribution < 1.29 is 9.05 Å². The van der Waals surface area contributed by atoms with Crippen molar-refractivity contribution in [2.45, 2.75) is 38.2 Å². The minimum absolute atomic E-state index is 0.393. The molecule has 0 amide bonds. The molecule has 0 N–H and O–H groups in total. The van der Waals surface area contributed by atoms with Crippen LogP contribution in [0.5, 0.6) is 0 Å². The molecule has 0 atom stereocenters. The second kappa shape index (κ2) is 5.65. The standard InChI is InChI=1S/C11H27NOPS/c1-10(2)15(14-13,11(3)4)9-8-12(5,6)7/h10-11H,8-9H2,1-7H3/q+1. The van der Waals surface area contributed by atoms with Crippen molar-refractivity contribution in [2.75, 3.05) is 33.4 Å². The molecule has 0 fully saturated rings. The van der Waals surface area contributed by atoms with Crippen molar-refractivity contribution in [1.29, 1.82) is 0 Å². The lowest BCUT2D eigenvalue weighted by atomic mass is 10.5. The summed E-state index contributed by atoms with van der Waals surface area (Å²) in [6.45, 7) is 9.98. The van der Waals surface area contributed by atoms with Crippen LogP contribution in [-0.2, 0) is 4.57 Å². The Kier molecular flexibility index (Phi) is 5.81. The SMILES string of the molecule is CC(C)S(CC[N+](C)(C)C)(P=O)C(C)C. The monoisotopic (exact) mass is 252 g/mol. The highest BCUT2D eigenvalue weighted by atomic mass is 32.8. The molecule has 0 bridgehead atoms. The second-order valence-electron chi connectivity index (χ2n) is 5.70. The maximum Gasteiger partial charge on any atom is 0.208 e. The third-order valence-corrected chi connectivity index (χ3v) is 11.2. The molecule has 0 unspecified atom stereocenters. The fourth-order valence-corrected chi connectivity index (χ4v) is 6.44. The van der Waals surface area contributed by atoms with E-state index in [1.807, 2.05) is 0 Å². The van der Waals surface area contributed by atoms with E-state index in [0.717, 1.165) is 16.8 Å². The van der Waals surface area contributed by atoms with Gasteiger partial charge in [0, 0.05) is 5.75 Å². The summed E-state index contributed by atoms with van der Waals surface area (Å²) in [5.74, 6) is 1.11. The molecule has 92 valence electrons. The van der Waals surface area contributed by atoms with Gasteiger partial charge < -0.3 is 4.48 Å². The number of quaternary nitrogens is 1. The van der Waals surface area contributed by atoms with Crippen LogP contribution in [0, 0.1) is 0 Å². The van der Waals surface area contributed by atoms with E-state index in [-0.39, 0.29) is 0 Å². The van der Waals surface area contributed by atoms with Crippen LogP contribution >= 0.6 is 17.3 Å². The van der Waals surface area contributed by atoms with Crippen LogP contribution < -0.4 is 0 Å². The molecule has 0 aromatic heterocycles. The lowest BCUT2D eigenvalue weighted by molar-refractivity contribution is -0.867. The van der Waals surface area contributed by atoms with Crippen LogP contribution in [0.3, 0.4) is 0 Å². The lowest BCUT2D eigenvalue weighted by Crippen LogP contribution is -2.39. The molecule has 0 heterocycles. The fraction of sp³-hybridized carbons (Fsp3) is 1.00. The molecule has 2 nitrogen and oxygen atoms in total. The first kappa shape index (κ1) is 15.4. The van der Waals surface area contributed by atoms with Gasteiger partial charge in [-0.05, 0) is 10.5 Å².